The Morgan fingerprint density at radius 2 is 2.10 bits per heavy atom. The molecule has 2 aromatic heterocycles. The number of carbonyl (C=O) groups excluding carboxylic acids is 1. The van der Waals surface area contributed by atoms with Crippen molar-refractivity contribution in [3.05, 3.63) is 89.0 Å². The van der Waals surface area contributed by atoms with E-state index in [9.17, 15) is 14.0 Å². The summed E-state index contributed by atoms with van der Waals surface area (Å²) in [5.74, 6) is -0.896. The van der Waals surface area contributed by atoms with Crippen LogP contribution in [0.3, 0.4) is 0 Å². The lowest BCUT2D eigenvalue weighted by molar-refractivity contribution is -0.139. The van der Waals surface area contributed by atoms with Crippen molar-refractivity contribution in [2.45, 2.75) is 19.9 Å². The maximum absolute atomic E-state index is 14.1. The molecule has 0 bridgehead atoms. The van der Waals surface area contributed by atoms with Crippen LogP contribution in [0.5, 0.6) is 0 Å². The molecule has 1 unspecified atom stereocenters. The van der Waals surface area contributed by atoms with Crippen molar-refractivity contribution in [2.75, 3.05) is 6.61 Å². The van der Waals surface area contributed by atoms with Gasteiger partial charge >= 0.3 is 5.97 Å². The Morgan fingerprint density at radius 1 is 1.31 bits per heavy atom. The molecule has 4 rings (SSSR count). The second kappa shape index (κ2) is 7.88. The van der Waals surface area contributed by atoms with E-state index in [0.717, 1.165) is 4.88 Å². The highest BCUT2D eigenvalue weighted by atomic mass is 32.1. The van der Waals surface area contributed by atoms with E-state index in [1.54, 1.807) is 32.0 Å². The van der Waals surface area contributed by atoms with Crippen LogP contribution in [0.4, 0.5) is 4.39 Å². The minimum atomic E-state index is -0.618. The molecule has 1 aromatic carbocycles. The highest BCUT2D eigenvalue weighted by Gasteiger charge is 2.33. The van der Waals surface area contributed by atoms with Crippen LogP contribution in [-0.4, -0.2) is 17.1 Å². The van der Waals surface area contributed by atoms with Crippen molar-refractivity contribution in [3.63, 3.8) is 0 Å². The lowest BCUT2D eigenvalue weighted by Crippen LogP contribution is -2.39. The van der Waals surface area contributed by atoms with Gasteiger partial charge < -0.3 is 4.74 Å². The predicted molar refractivity (Wildman–Crippen MR) is 111 cm³/mol. The number of hydrogen-bond acceptors (Lipinski definition) is 6. The van der Waals surface area contributed by atoms with Gasteiger partial charge in [-0.1, -0.05) is 35.6 Å². The van der Waals surface area contributed by atoms with Crippen LogP contribution in [-0.2, 0) is 9.53 Å². The van der Waals surface area contributed by atoms with Crippen LogP contribution in [0.15, 0.2) is 62.8 Å². The summed E-state index contributed by atoms with van der Waals surface area (Å²) in [4.78, 5) is 31.7. The highest BCUT2D eigenvalue weighted by Crippen LogP contribution is 2.33. The third kappa shape index (κ3) is 3.49. The Bertz CT molecular complexity index is 1290. The van der Waals surface area contributed by atoms with Crippen LogP contribution in [0, 0.1) is 5.82 Å². The van der Waals surface area contributed by atoms with E-state index >= 15 is 0 Å². The van der Waals surface area contributed by atoms with Gasteiger partial charge in [-0.15, -0.1) is 11.3 Å². The largest absolute Gasteiger partial charge is 0.463 e. The van der Waals surface area contributed by atoms with E-state index in [1.165, 1.54) is 39.4 Å². The summed E-state index contributed by atoms with van der Waals surface area (Å²) in [5.41, 5.74) is 0.871. The first kappa shape index (κ1) is 19.5. The zero-order valence-corrected chi connectivity index (χ0v) is 17.3. The molecule has 0 spiro atoms. The minimum absolute atomic E-state index is 0.227. The molecule has 0 aliphatic carbocycles. The third-order valence-corrected chi connectivity index (χ3v) is 6.43. The average molecular weight is 429 g/mol. The van der Waals surface area contributed by atoms with Crippen molar-refractivity contribution < 1.29 is 13.9 Å². The smallest absolute Gasteiger partial charge is 0.338 e. The molecule has 3 heterocycles. The van der Waals surface area contributed by atoms with Crippen molar-refractivity contribution >= 4 is 34.7 Å². The summed E-state index contributed by atoms with van der Waals surface area (Å²) in [6.07, 6.45) is 1.52. The van der Waals surface area contributed by atoms with Crippen LogP contribution >= 0.6 is 22.7 Å². The predicted octanol–water partition coefficient (Wildman–Crippen LogP) is 3.00. The Balaban J connectivity index is 1.96. The molecule has 29 heavy (non-hydrogen) atoms. The van der Waals surface area contributed by atoms with Crippen LogP contribution in [0.2, 0.25) is 0 Å². The molecule has 1 aliphatic heterocycles. The lowest BCUT2D eigenvalue weighted by atomic mass is 10.0. The molecule has 1 aliphatic rings. The van der Waals surface area contributed by atoms with Gasteiger partial charge in [0.15, 0.2) is 4.80 Å². The first-order valence-corrected chi connectivity index (χ1v) is 10.7. The van der Waals surface area contributed by atoms with E-state index in [4.69, 9.17) is 4.74 Å². The zero-order chi connectivity index (χ0) is 20.5. The fourth-order valence-corrected chi connectivity index (χ4v) is 5.10. The summed E-state index contributed by atoms with van der Waals surface area (Å²) in [6.45, 7) is 3.70. The first-order chi connectivity index (χ1) is 14.0. The normalized spacial score (nSPS) is 16.5. The maximum Gasteiger partial charge on any atom is 0.338 e. The van der Waals surface area contributed by atoms with Gasteiger partial charge in [0.2, 0.25) is 0 Å². The fourth-order valence-electron chi connectivity index (χ4n) is 3.24. The number of carbonyl (C=O) groups is 1. The summed E-state index contributed by atoms with van der Waals surface area (Å²) in [6, 6.07) is 9.39. The molecule has 3 aromatic rings. The molecule has 8 heteroatoms. The number of fused-ring (bicyclic) bond motifs is 1. The molecule has 0 radical (unpaired) electrons. The summed E-state index contributed by atoms with van der Waals surface area (Å²) in [7, 11) is 0. The molecule has 0 saturated carbocycles. The second-order valence-corrected chi connectivity index (χ2v) is 8.33. The number of esters is 1. The standard InChI is InChI=1S/C21H17FN2O3S2/c1-3-27-20(26)17-12(2)23-21-24(18(17)15-9-6-10-28-15)19(25)16(29-21)11-13-7-4-5-8-14(13)22/h4-11,18H,3H2,1-2H3. The molecule has 1 atom stereocenters. The number of ether oxygens (including phenoxy) is 1. The van der Waals surface area contributed by atoms with Crippen LogP contribution in [0.1, 0.15) is 30.3 Å². The van der Waals surface area contributed by atoms with Gasteiger partial charge in [-0.3, -0.25) is 9.36 Å². The number of benzene rings is 1. The molecule has 148 valence electrons. The summed E-state index contributed by atoms with van der Waals surface area (Å²) in [5, 5.41) is 1.89. The van der Waals surface area contributed by atoms with Crippen molar-refractivity contribution in [2.24, 2.45) is 4.99 Å². The minimum Gasteiger partial charge on any atom is -0.463 e. The SMILES string of the molecule is CCOC(=O)C1=C(C)N=c2sc(=Cc3ccccc3F)c(=O)n2C1c1cccs1. The number of rotatable bonds is 4. The number of halogens is 1. The number of hydrogen-bond donors (Lipinski definition) is 0. The third-order valence-electron chi connectivity index (χ3n) is 4.52. The number of thiophene rings is 1. The van der Waals surface area contributed by atoms with Crippen molar-refractivity contribution in [1.82, 2.24) is 4.57 Å². The number of nitrogens with zero attached hydrogens (tertiary/aromatic N) is 2. The quantitative estimate of drug-likeness (QED) is 0.601. The highest BCUT2D eigenvalue weighted by molar-refractivity contribution is 7.10. The summed E-state index contributed by atoms with van der Waals surface area (Å²) < 4.78 is 21.2. The average Bonchev–Trinajstić information content (AvgIpc) is 3.32. The van der Waals surface area contributed by atoms with Gasteiger partial charge in [0.25, 0.3) is 5.56 Å². The number of aromatic nitrogens is 1. The summed E-state index contributed by atoms with van der Waals surface area (Å²) >= 11 is 2.63. The molecule has 0 amide bonds. The van der Waals surface area contributed by atoms with Gasteiger partial charge in [0.05, 0.1) is 22.4 Å². The molecule has 5 nitrogen and oxygen atoms in total. The van der Waals surface area contributed by atoms with Gasteiger partial charge in [-0.25, -0.2) is 14.2 Å². The monoisotopic (exact) mass is 428 g/mol. The molecule has 0 saturated heterocycles. The van der Waals surface area contributed by atoms with E-state index in [2.05, 4.69) is 4.99 Å². The van der Waals surface area contributed by atoms with Gasteiger partial charge in [0.1, 0.15) is 11.9 Å². The molecular weight excluding hydrogens is 411 g/mol. The van der Waals surface area contributed by atoms with Gasteiger partial charge in [-0.2, -0.15) is 0 Å². The lowest BCUT2D eigenvalue weighted by Gasteiger charge is -2.23. The maximum atomic E-state index is 14.1. The van der Waals surface area contributed by atoms with Crippen molar-refractivity contribution in [1.29, 1.82) is 0 Å². The number of allylic oxidation sites excluding steroid dienone is 1. The second-order valence-electron chi connectivity index (χ2n) is 6.34. The van der Waals surface area contributed by atoms with Crippen molar-refractivity contribution in [3.8, 4) is 0 Å². The first-order valence-electron chi connectivity index (χ1n) is 8.99. The number of thiazole rings is 1. The van der Waals surface area contributed by atoms with E-state index in [0.29, 0.717) is 26.2 Å². The Hall–Kier alpha value is -2.84. The molecular formula is C21H17FN2O3S2. The fraction of sp³-hybridized carbons (Fsp3) is 0.190. The molecule has 0 N–H and O–H groups in total. The van der Waals surface area contributed by atoms with E-state index in [1.807, 2.05) is 17.5 Å². The van der Waals surface area contributed by atoms with Crippen LogP contribution < -0.4 is 14.9 Å². The van der Waals surface area contributed by atoms with Gasteiger partial charge in [0, 0.05) is 10.4 Å². The zero-order valence-electron chi connectivity index (χ0n) is 15.7. The Kier molecular flexibility index (Phi) is 5.29. The topological polar surface area (TPSA) is 60.7 Å². The Morgan fingerprint density at radius 3 is 2.79 bits per heavy atom. The Labute approximate surface area is 173 Å². The molecule has 0 fully saturated rings. The van der Waals surface area contributed by atoms with Crippen LogP contribution in [0.25, 0.3) is 6.08 Å². The van der Waals surface area contributed by atoms with Gasteiger partial charge in [-0.05, 0) is 37.4 Å². The van der Waals surface area contributed by atoms with E-state index in [-0.39, 0.29) is 12.2 Å². The van der Waals surface area contributed by atoms with E-state index < -0.39 is 17.8 Å².